The standard InChI is InChI=1S/C18H17ClN2O2/c1-11(21)15(9-18(22)23)14-5-6-17(19)16(8-14)13-4-2-3-12(7-13)10-20/h2-8,11,15H,9,21H2,1H3,(H,22,23)/t11?,15-/m0/s1. The van der Waals surface area contributed by atoms with Crippen LogP contribution >= 0.6 is 11.6 Å². The number of nitriles is 1. The zero-order chi connectivity index (χ0) is 17.0. The Morgan fingerprint density at radius 2 is 2.09 bits per heavy atom. The minimum Gasteiger partial charge on any atom is -0.481 e. The molecule has 0 saturated heterocycles. The normalized spacial score (nSPS) is 13.1. The molecule has 0 aliphatic heterocycles. The van der Waals surface area contributed by atoms with Gasteiger partial charge in [-0.15, -0.1) is 0 Å². The highest BCUT2D eigenvalue weighted by atomic mass is 35.5. The Balaban J connectivity index is 2.49. The maximum atomic E-state index is 11.1. The van der Waals surface area contributed by atoms with E-state index in [1.165, 1.54) is 0 Å². The molecule has 3 N–H and O–H groups in total. The minimum absolute atomic E-state index is 0.0447. The first-order valence-corrected chi connectivity index (χ1v) is 7.57. The molecule has 23 heavy (non-hydrogen) atoms. The van der Waals surface area contributed by atoms with Crippen molar-refractivity contribution in [3.63, 3.8) is 0 Å². The zero-order valence-corrected chi connectivity index (χ0v) is 13.4. The Bertz CT molecular complexity index is 766. The van der Waals surface area contributed by atoms with Gasteiger partial charge in [0.1, 0.15) is 0 Å². The van der Waals surface area contributed by atoms with Gasteiger partial charge in [-0.05, 0) is 42.3 Å². The molecule has 118 valence electrons. The molecule has 0 bridgehead atoms. The van der Waals surface area contributed by atoms with E-state index in [2.05, 4.69) is 6.07 Å². The second-order valence-corrected chi connectivity index (χ2v) is 5.90. The van der Waals surface area contributed by atoms with E-state index in [9.17, 15) is 4.79 Å². The third kappa shape index (κ3) is 4.10. The summed E-state index contributed by atoms with van der Waals surface area (Å²) >= 11 is 6.29. The number of carbonyl (C=O) groups is 1. The molecular weight excluding hydrogens is 312 g/mol. The van der Waals surface area contributed by atoms with Gasteiger partial charge in [-0.25, -0.2) is 0 Å². The second kappa shape index (κ2) is 7.28. The summed E-state index contributed by atoms with van der Waals surface area (Å²) < 4.78 is 0. The molecule has 0 heterocycles. The van der Waals surface area contributed by atoms with Crippen molar-refractivity contribution in [2.24, 2.45) is 5.73 Å². The lowest BCUT2D eigenvalue weighted by molar-refractivity contribution is -0.137. The molecule has 0 aromatic heterocycles. The largest absolute Gasteiger partial charge is 0.481 e. The number of carboxylic acids is 1. The van der Waals surface area contributed by atoms with Gasteiger partial charge >= 0.3 is 5.97 Å². The van der Waals surface area contributed by atoms with Crippen LogP contribution in [0.3, 0.4) is 0 Å². The van der Waals surface area contributed by atoms with Gasteiger partial charge < -0.3 is 10.8 Å². The Kier molecular flexibility index (Phi) is 5.38. The number of carboxylic acid groups (broad SMARTS) is 1. The summed E-state index contributed by atoms with van der Waals surface area (Å²) in [7, 11) is 0. The van der Waals surface area contributed by atoms with Crippen molar-refractivity contribution >= 4 is 17.6 Å². The van der Waals surface area contributed by atoms with Crippen LogP contribution in [-0.4, -0.2) is 17.1 Å². The molecule has 4 nitrogen and oxygen atoms in total. The van der Waals surface area contributed by atoms with Crippen LogP contribution < -0.4 is 5.73 Å². The van der Waals surface area contributed by atoms with E-state index in [0.717, 1.165) is 16.7 Å². The molecular formula is C18H17ClN2O2. The maximum absolute atomic E-state index is 11.1. The van der Waals surface area contributed by atoms with Crippen LogP contribution in [0.1, 0.15) is 30.4 Å². The molecule has 5 heteroatoms. The minimum atomic E-state index is -0.893. The van der Waals surface area contributed by atoms with E-state index in [0.29, 0.717) is 10.6 Å². The first-order valence-electron chi connectivity index (χ1n) is 7.19. The van der Waals surface area contributed by atoms with Crippen molar-refractivity contribution in [1.82, 2.24) is 0 Å². The van der Waals surface area contributed by atoms with Gasteiger partial charge in [0.25, 0.3) is 0 Å². The Morgan fingerprint density at radius 3 is 2.70 bits per heavy atom. The van der Waals surface area contributed by atoms with Crippen LogP contribution in [0.2, 0.25) is 5.02 Å². The van der Waals surface area contributed by atoms with Gasteiger partial charge in [0, 0.05) is 22.5 Å². The number of rotatable bonds is 5. The summed E-state index contributed by atoms with van der Waals surface area (Å²) in [6, 6.07) is 14.3. The molecule has 0 saturated carbocycles. The van der Waals surface area contributed by atoms with Crippen LogP contribution in [0.15, 0.2) is 42.5 Å². The first kappa shape index (κ1) is 17.0. The topological polar surface area (TPSA) is 87.1 Å². The molecule has 2 atom stereocenters. The van der Waals surface area contributed by atoms with Crippen molar-refractivity contribution in [2.45, 2.75) is 25.3 Å². The predicted molar refractivity (Wildman–Crippen MR) is 90.2 cm³/mol. The van der Waals surface area contributed by atoms with E-state index in [1.54, 1.807) is 37.3 Å². The monoisotopic (exact) mass is 328 g/mol. The highest BCUT2D eigenvalue weighted by Crippen LogP contribution is 2.33. The molecule has 2 rings (SSSR count). The highest BCUT2D eigenvalue weighted by Gasteiger charge is 2.21. The van der Waals surface area contributed by atoms with Gasteiger partial charge in [0.15, 0.2) is 0 Å². The molecule has 0 radical (unpaired) electrons. The van der Waals surface area contributed by atoms with Crippen molar-refractivity contribution in [3.8, 4) is 17.2 Å². The predicted octanol–water partition coefficient (Wildman–Crippen LogP) is 3.78. The van der Waals surface area contributed by atoms with Crippen molar-refractivity contribution < 1.29 is 9.90 Å². The van der Waals surface area contributed by atoms with E-state index < -0.39 is 5.97 Å². The third-order valence-corrected chi connectivity index (χ3v) is 4.08. The van der Waals surface area contributed by atoms with Gasteiger partial charge in [0.2, 0.25) is 0 Å². The smallest absolute Gasteiger partial charge is 0.304 e. The molecule has 0 spiro atoms. The number of benzene rings is 2. The van der Waals surface area contributed by atoms with Crippen molar-refractivity contribution in [2.75, 3.05) is 0 Å². The molecule has 0 fully saturated rings. The SMILES string of the molecule is CC(N)[C@H](CC(=O)O)c1ccc(Cl)c(-c2cccc(C#N)c2)c1. The molecule has 2 aromatic rings. The summed E-state index contributed by atoms with van der Waals surface area (Å²) in [6.07, 6.45) is -0.0447. The molecule has 0 aliphatic carbocycles. The summed E-state index contributed by atoms with van der Waals surface area (Å²) in [5.41, 5.74) is 8.89. The summed E-state index contributed by atoms with van der Waals surface area (Å²) in [5.74, 6) is -1.20. The Morgan fingerprint density at radius 1 is 1.35 bits per heavy atom. The highest BCUT2D eigenvalue weighted by molar-refractivity contribution is 6.33. The third-order valence-electron chi connectivity index (χ3n) is 3.75. The fraction of sp³-hybridized carbons (Fsp3) is 0.222. The van der Waals surface area contributed by atoms with Crippen LogP contribution in [0, 0.1) is 11.3 Å². The lowest BCUT2D eigenvalue weighted by Gasteiger charge is -2.20. The van der Waals surface area contributed by atoms with E-state index in [4.69, 9.17) is 27.7 Å². The number of hydrogen-bond donors (Lipinski definition) is 2. The van der Waals surface area contributed by atoms with E-state index in [1.807, 2.05) is 12.1 Å². The number of halogens is 1. The lowest BCUT2D eigenvalue weighted by atomic mass is 9.88. The Labute approximate surface area is 140 Å². The van der Waals surface area contributed by atoms with Crippen molar-refractivity contribution in [3.05, 3.63) is 58.6 Å². The summed E-state index contributed by atoms with van der Waals surface area (Å²) in [4.78, 5) is 11.1. The maximum Gasteiger partial charge on any atom is 0.304 e. The van der Waals surface area contributed by atoms with Gasteiger partial charge in [-0.1, -0.05) is 29.8 Å². The summed E-state index contributed by atoms with van der Waals surface area (Å²) in [6.45, 7) is 1.79. The molecule has 0 aliphatic rings. The molecule has 2 aromatic carbocycles. The van der Waals surface area contributed by atoms with Crippen LogP contribution in [0.4, 0.5) is 0 Å². The number of nitrogens with zero attached hydrogens (tertiary/aromatic N) is 1. The van der Waals surface area contributed by atoms with Gasteiger partial charge in [0.05, 0.1) is 18.1 Å². The summed E-state index contributed by atoms with van der Waals surface area (Å²) in [5, 5.41) is 18.7. The zero-order valence-electron chi connectivity index (χ0n) is 12.7. The van der Waals surface area contributed by atoms with E-state index in [-0.39, 0.29) is 18.4 Å². The lowest BCUT2D eigenvalue weighted by Crippen LogP contribution is -2.26. The van der Waals surface area contributed by atoms with Crippen LogP contribution in [-0.2, 0) is 4.79 Å². The molecule has 1 unspecified atom stereocenters. The van der Waals surface area contributed by atoms with Crippen LogP contribution in [0.5, 0.6) is 0 Å². The Hall–Kier alpha value is -2.35. The average Bonchev–Trinajstić information content (AvgIpc) is 2.53. The van der Waals surface area contributed by atoms with Crippen molar-refractivity contribution in [1.29, 1.82) is 5.26 Å². The first-order chi connectivity index (χ1) is 10.9. The van der Waals surface area contributed by atoms with Crippen LogP contribution in [0.25, 0.3) is 11.1 Å². The molecule has 0 amide bonds. The number of aliphatic carboxylic acids is 1. The van der Waals surface area contributed by atoms with E-state index >= 15 is 0 Å². The van der Waals surface area contributed by atoms with Gasteiger partial charge in [-0.3, -0.25) is 4.79 Å². The fourth-order valence-corrected chi connectivity index (χ4v) is 2.77. The fourth-order valence-electron chi connectivity index (χ4n) is 2.55. The number of nitrogens with two attached hydrogens (primary N) is 1. The second-order valence-electron chi connectivity index (χ2n) is 5.50. The number of hydrogen-bond acceptors (Lipinski definition) is 3. The van der Waals surface area contributed by atoms with Gasteiger partial charge in [-0.2, -0.15) is 5.26 Å². The average molecular weight is 329 g/mol. The quantitative estimate of drug-likeness (QED) is 0.874.